The van der Waals surface area contributed by atoms with Crippen molar-refractivity contribution in [3.8, 4) is 17.2 Å². The number of sulfonamides is 1. The smallest absolute Gasteiger partial charge is 0.251 e. The fourth-order valence-electron chi connectivity index (χ4n) is 5.63. The number of carbonyl (C=O) groups is 3. The van der Waals surface area contributed by atoms with Crippen LogP contribution in [0.5, 0.6) is 17.2 Å². The maximum atomic E-state index is 15.0. The number of fused-ring (bicyclic) bond motifs is 16. The number of methoxy groups -OCH3 is 1. The van der Waals surface area contributed by atoms with Gasteiger partial charge in [-0.05, 0) is 73.9 Å². The molecule has 3 N–H and O–H groups in total. The van der Waals surface area contributed by atoms with Crippen molar-refractivity contribution in [1.29, 1.82) is 0 Å². The first kappa shape index (κ1) is 34.2. The Balaban J connectivity index is 1.55. The van der Waals surface area contributed by atoms with Gasteiger partial charge < -0.3 is 25.4 Å². The van der Waals surface area contributed by atoms with Gasteiger partial charge in [0.2, 0.25) is 21.8 Å². The highest BCUT2D eigenvalue weighted by molar-refractivity contribution is 7.89. The molecule has 246 valence electrons. The zero-order chi connectivity index (χ0) is 32.4. The van der Waals surface area contributed by atoms with Gasteiger partial charge in [0.25, 0.3) is 5.91 Å². The lowest BCUT2D eigenvalue weighted by molar-refractivity contribution is -0.129. The summed E-state index contributed by atoms with van der Waals surface area (Å²) < 4.78 is 54.3. The SMILES string of the molecule is CC[C@@H]1NC(=O)CCCN(S(=O)(=O)CC2CCCC2)CCCNC(=O)c2ccc(OC)c(c2)Oc2ccc(cc2F)CNC1=O. The van der Waals surface area contributed by atoms with E-state index in [0.717, 1.165) is 25.7 Å². The summed E-state index contributed by atoms with van der Waals surface area (Å²) in [4.78, 5) is 38.5. The number of nitrogens with zero attached hydrogens (tertiary/aromatic N) is 1. The molecule has 45 heavy (non-hydrogen) atoms. The summed E-state index contributed by atoms with van der Waals surface area (Å²) in [6, 6.07) is 8.01. The average molecular weight is 647 g/mol. The van der Waals surface area contributed by atoms with Gasteiger partial charge in [-0.25, -0.2) is 17.1 Å². The molecule has 1 aliphatic carbocycles. The van der Waals surface area contributed by atoms with Gasteiger partial charge in [-0.15, -0.1) is 0 Å². The first-order valence-corrected chi connectivity index (χ1v) is 17.2. The molecule has 13 heteroatoms. The molecule has 1 saturated carbocycles. The van der Waals surface area contributed by atoms with E-state index in [1.807, 2.05) is 0 Å². The van der Waals surface area contributed by atoms with E-state index in [9.17, 15) is 22.8 Å². The first-order valence-electron chi connectivity index (χ1n) is 15.6. The predicted octanol–water partition coefficient (Wildman–Crippen LogP) is 3.87. The molecule has 0 radical (unpaired) electrons. The monoisotopic (exact) mass is 646 g/mol. The first-order chi connectivity index (χ1) is 21.6. The Morgan fingerprint density at radius 3 is 2.44 bits per heavy atom. The maximum absolute atomic E-state index is 15.0. The number of rotatable bonds is 5. The van der Waals surface area contributed by atoms with Gasteiger partial charge in [-0.1, -0.05) is 25.8 Å². The minimum Gasteiger partial charge on any atom is -0.493 e. The number of ether oxygens (including phenoxy) is 2. The van der Waals surface area contributed by atoms with E-state index in [1.54, 1.807) is 25.1 Å². The molecule has 0 spiro atoms. The minimum absolute atomic E-state index is 0.0230. The summed E-state index contributed by atoms with van der Waals surface area (Å²) in [5.41, 5.74) is 0.734. The van der Waals surface area contributed by atoms with Crippen LogP contribution < -0.4 is 25.4 Å². The van der Waals surface area contributed by atoms with Crippen molar-refractivity contribution in [3.05, 3.63) is 53.3 Å². The Morgan fingerprint density at radius 2 is 1.73 bits per heavy atom. The molecule has 4 bridgehead atoms. The lowest BCUT2D eigenvalue weighted by atomic mass is 10.1. The van der Waals surface area contributed by atoms with E-state index in [2.05, 4.69) is 16.0 Å². The van der Waals surface area contributed by atoms with E-state index < -0.39 is 33.7 Å². The van der Waals surface area contributed by atoms with Gasteiger partial charge >= 0.3 is 0 Å². The van der Waals surface area contributed by atoms with E-state index in [1.165, 1.54) is 29.6 Å². The average Bonchev–Trinajstić information content (AvgIpc) is 3.52. The Labute approximate surface area is 264 Å². The van der Waals surface area contributed by atoms with Crippen LogP contribution in [0.1, 0.15) is 74.2 Å². The minimum atomic E-state index is -3.58. The Bertz CT molecular complexity index is 1460. The van der Waals surface area contributed by atoms with Crippen LogP contribution in [0.15, 0.2) is 36.4 Å². The topological polar surface area (TPSA) is 143 Å². The van der Waals surface area contributed by atoms with E-state index in [4.69, 9.17) is 9.47 Å². The number of hydrogen-bond donors (Lipinski definition) is 3. The molecule has 3 aliphatic rings. The standard InChI is InChI=1S/C32H43FN4O7S/c1-3-26-32(40)35-20-23-11-13-27(25(33)18-23)44-29-19-24(12-14-28(29)43-2)31(39)34-15-7-17-37(16-6-10-30(38)36-26)45(41,42)21-22-8-4-5-9-22/h11-14,18-19,22,26H,3-10,15-17,20-21H2,1-2H3,(H,34,39)(H,35,40)(H,36,38)/t26-/m0/s1. The molecule has 2 heterocycles. The van der Waals surface area contributed by atoms with E-state index in [-0.39, 0.29) is 73.7 Å². The van der Waals surface area contributed by atoms with Crippen molar-refractivity contribution in [2.75, 3.05) is 32.5 Å². The molecule has 0 saturated heterocycles. The maximum Gasteiger partial charge on any atom is 0.251 e. The van der Waals surface area contributed by atoms with Crippen LogP contribution in [0.4, 0.5) is 4.39 Å². The molecular weight excluding hydrogens is 603 g/mol. The molecule has 0 aromatic heterocycles. The second kappa shape index (κ2) is 16.0. The molecular formula is C32H43FN4O7S. The number of hydrogen-bond acceptors (Lipinski definition) is 7. The molecule has 1 fully saturated rings. The Kier molecular flexibility index (Phi) is 12.2. The highest BCUT2D eigenvalue weighted by atomic mass is 32.2. The normalized spacial score (nSPS) is 20.2. The quantitative estimate of drug-likeness (QED) is 0.448. The van der Waals surface area contributed by atoms with E-state index in [0.29, 0.717) is 24.2 Å². The van der Waals surface area contributed by atoms with Crippen LogP contribution in [0.3, 0.4) is 0 Å². The summed E-state index contributed by atoms with van der Waals surface area (Å²) in [6.07, 6.45) is 4.84. The van der Waals surface area contributed by atoms with Crippen molar-refractivity contribution < 1.29 is 36.7 Å². The summed E-state index contributed by atoms with van der Waals surface area (Å²) >= 11 is 0. The summed E-state index contributed by atoms with van der Waals surface area (Å²) in [7, 11) is -2.15. The third-order valence-electron chi connectivity index (χ3n) is 8.16. The zero-order valence-electron chi connectivity index (χ0n) is 25.9. The Morgan fingerprint density at radius 1 is 0.978 bits per heavy atom. The summed E-state index contributed by atoms with van der Waals surface area (Å²) in [6.45, 7) is 2.33. The molecule has 0 unspecified atom stereocenters. The molecule has 2 aromatic carbocycles. The number of benzene rings is 2. The molecule has 2 aromatic rings. The number of carbonyl (C=O) groups excluding carboxylic acids is 3. The zero-order valence-corrected chi connectivity index (χ0v) is 26.7. The van der Waals surface area contributed by atoms with Gasteiger partial charge in [0, 0.05) is 38.2 Å². The van der Waals surface area contributed by atoms with Crippen molar-refractivity contribution in [2.24, 2.45) is 5.92 Å². The molecule has 3 amide bonds. The van der Waals surface area contributed by atoms with E-state index >= 15 is 4.39 Å². The predicted molar refractivity (Wildman–Crippen MR) is 167 cm³/mol. The number of nitrogens with one attached hydrogen (secondary N) is 3. The molecule has 1 atom stereocenters. The number of halogens is 1. The van der Waals surface area contributed by atoms with Gasteiger partial charge in [0.15, 0.2) is 23.1 Å². The highest BCUT2D eigenvalue weighted by Crippen LogP contribution is 2.34. The highest BCUT2D eigenvalue weighted by Gasteiger charge is 2.28. The van der Waals surface area contributed by atoms with Crippen LogP contribution in [0, 0.1) is 11.7 Å². The van der Waals surface area contributed by atoms with Gasteiger partial charge in [-0.3, -0.25) is 14.4 Å². The van der Waals surface area contributed by atoms with Crippen molar-refractivity contribution in [2.45, 2.75) is 70.9 Å². The van der Waals surface area contributed by atoms with Crippen molar-refractivity contribution in [1.82, 2.24) is 20.3 Å². The van der Waals surface area contributed by atoms with Gasteiger partial charge in [0.05, 0.1) is 12.9 Å². The Hall–Kier alpha value is -3.71. The van der Waals surface area contributed by atoms with Gasteiger partial charge in [0.1, 0.15) is 6.04 Å². The third kappa shape index (κ3) is 9.64. The molecule has 11 nitrogen and oxygen atoms in total. The van der Waals surface area contributed by atoms with Crippen LogP contribution >= 0.6 is 0 Å². The lowest BCUT2D eigenvalue weighted by Gasteiger charge is -2.24. The number of amides is 3. The second-order valence-electron chi connectivity index (χ2n) is 11.5. The van der Waals surface area contributed by atoms with Crippen molar-refractivity contribution >= 4 is 27.7 Å². The summed E-state index contributed by atoms with van der Waals surface area (Å²) in [5.74, 6) is -1.34. The van der Waals surface area contributed by atoms with Crippen LogP contribution in [0.2, 0.25) is 0 Å². The van der Waals surface area contributed by atoms with Crippen LogP contribution in [-0.2, 0) is 26.2 Å². The fourth-order valence-corrected chi connectivity index (χ4v) is 7.59. The molecule has 2 aliphatic heterocycles. The van der Waals surface area contributed by atoms with Crippen molar-refractivity contribution in [3.63, 3.8) is 0 Å². The fraction of sp³-hybridized carbons (Fsp3) is 0.531. The third-order valence-corrected chi connectivity index (χ3v) is 10.2. The lowest BCUT2D eigenvalue weighted by Crippen LogP contribution is -2.46. The largest absolute Gasteiger partial charge is 0.493 e. The summed E-state index contributed by atoms with van der Waals surface area (Å²) in [5, 5.41) is 8.27. The molecule has 5 rings (SSSR count). The second-order valence-corrected chi connectivity index (χ2v) is 13.5. The van der Waals surface area contributed by atoms with Crippen LogP contribution in [0.25, 0.3) is 0 Å². The van der Waals surface area contributed by atoms with Gasteiger partial charge in [-0.2, -0.15) is 0 Å². The van der Waals surface area contributed by atoms with Crippen LogP contribution in [-0.4, -0.2) is 69.0 Å².